The molecule has 88 valence electrons. The van der Waals surface area contributed by atoms with E-state index in [1.165, 1.54) is 32.5 Å². The van der Waals surface area contributed by atoms with Crippen LogP contribution in [-0.2, 0) is 0 Å². The number of aliphatic hydroxyl groups is 1. The van der Waals surface area contributed by atoms with E-state index in [9.17, 15) is 0 Å². The summed E-state index contributed by atoms with van der Waals surface area (Å²) in [6.45, 7) is 6.82. The van der Waals surface area contributed by atoms with E-state index < -0.39 is 0 Å². The minimum absolute atomic E-state index is 0.140. The Morgan fingerprint density at radius 1 is 1.40 bits per heavy atom. The molecule has 0 spiro atoms. The van der Waals surface area contributed by atoms with Gasteiger partial charge in [0.25, 0.3) is 0 Å². The van der Waals surface area contributed by atoms with E-state index >= 15 is 0 Å². The van der Waals surface area contributed by atoms with Crippen LogP contribution in [0.1, 0.15) is 32.6 Å². The third-order valence-corrected chi connectivity index (χ3v) is 3.86. The summed E-state index contributed by atoms with van der Waals surface area (Å²) < 4.78 is 0. The standard InChI is InChI=1S/C12H24N2O/c1-10(15)3-2-6-13-12-9-14-7-4-11(12)5-8-14/h10-13,15H,2-9H2,1H3. The van der Waals surface area contributed by atoms with Crippen LogP contribution in [0.2, 0.25) is 0 Å². The summed E-state index contributed by atoms with van der Waals surface area (Å²) in [4.78, 5) is 2.58. The molecule has 0 amide bonds. The predicted octanol–water partition coefficient (Wildman–Crippen LogP) is 0.831. The number of hydrogen-bond acceptors (Lipinski definition) is 3. The first-order valence-electron chi connectivity index (χ1n) is 6.39. The lowest BCUT2D eigenvalue weighted by Gasteiger charge is -2.45. The van der Waals surface area contributed by atoms with Crippen LogP contribution in [0.25, 0.3) is 0 Å². The number of nitrogens with one attached hydrogen (secondary N) is 1. The SMILES string of the molecule is CC(O)CCCNC1CN2CCC1CC2. The number of piperidine rings is 3. The zero-order chi connectivity index (χ0) is 10.7. The molecule has 0 aliphatic carbocycles. The Bertz CT molecular complexity index is 188. The van der Waals surface area contributed by atoms with Crippen molar-refractivity contribution in [3.05, 3.63) is 0 Å². The molecule has 3 heteroatoms. The van der Waals surface area contributed by atoms with Gasteiger partial charge in [-0.2, -0.15) is 0 Å². The first-order chi connectivity index (χ1) is 7.25. The van der Waals surface area contributed by atoms with Crippen LogP contribution in [-0.4, -0.2) is 48.3 Å². The molecule has 2 N–H and O–H groups in total. The van der Waals surface area contributed by atoms with Gasteiger partial charge in [-0.05, 0) is 58.2 Å². The highest BCUT2D eigenvalue weighted by atomic mass is 16.3. The van der Waals surface area contributed by atoms with Gasteiger partial charge in [-0.3, -0.25) is 0 Å². The second kappa shape index (κ2) is 5.28. The van der Waals surface area contributed by atoms with Crippen molar-refractivity contribution < 1.29 is 5.11 Å². The molecule has 0 aromatic heterocycles. The van der Waals surface area contributed by atoms with Gasteiger partial charge in [0.15, 0.2) is 0 Å². The Hall–Kier alpha value is -0.120. The molecule has 0 radical (unpaired) electrons. The summed E-state index contributed by atoms with van der Waals surface area (Å²) >= 11 is 0. The van der Waals surface area contributed by atoms with Crippen molar-refractivity contribution >= 4 is 0 Å². The molecule has 3 aliphatic heterocycles. The number of fused-ring (bicyclic) bond motifs is 3. The molecular formula is C12H24N2O. The molecule has 3 aliphatic rings. The molecule has 0 aromatic rings. The van der Waals surface area contributed by atoms with E-state index in [-0.39, 0.29) is 6.10 Å². The van der Waals surface area contributed by atoms with E-state index in [0.717, 1.165) is 31.3 Å². The Balaban J connectivity index is 1.63. The minimum Gasteiger partial charge on any atom is -0.393 e. The quantitative estimate of drug-likeness (QED) is 0.663. The van der Waals surface area contributed by atoms with Gasteiger partial charge in [-0.1, -0.05) is 0 Å². The van der Waals surface area contributed by atoms with Crippen LogP contribution in [0, 0.1) is 5.92 Å². The molecule has 15 heavy (non-hydrogen) atoms. The highest BCUT2D eigenvalue weighted by Crippen LogP contribution is 2.27. The van der Waals surface area contributed by atoms with E-state index in [1.54, 1.807) is 0 Å². The van der Waals surface area contributed by atoms with E-state index in [4.69, 9.17) is 5.11 Å². The third-order valence-electron chi connectivity index (χ3n) is 3.86. The fourth-order valence-electron chi connectivity index (χ4n) is 2.88. The van der Waals surface area contributed by atoms with Gasteiger partial charge in [0.1, 0.15) is 0 Å². The minimum atomic E-state index is -0.140. The van der Waals surface area contributed by atoms with E-state index in [1.807, 2.05) is 6.92 Å². The lowest BCUT2D eigenvalue weighted by atomic mass is 9.84. The monoisotopic (exact) mass is 212 g/mol. The van der Waals surface area contributed by atoms with E-state index in [2.05, 4.69) is 10.2 Å². The third kappa shape index (κ3) is 3.16. The summed E-state index contributed by atoms with van der Waals surface area (Å²) in [7, 11) is 0. The summed E-state index contributed by atoms with van der Waals surface area (Å²) in [5, 5.41) is 12.8. The van der Waals surface area contributed by atoms with Crippen LogP contribution in [0.15, 0.2) is 0 Å². The highest BCUT2D eigenvalue weighted by Gasteiger charge is 2.33. The topological polar surface area (TPSA) is 35.5 Å². The summed E-state index contributed by atoms with van der Waals surface area (Å²) in [5.74, 6) is 0.918. The molecule has 3 heterocycles. The van der Waals surface area contributed by atoms with Crippen molar-refractivity contribution in [3.8, 4) is 0 Å². The predicted molar refractivity (Wildman–Crippen MR) is 61.9 cm³/mol. The molecule has 3 nitrogen and oxygen atoms in total. The lowest BCUT2D eigenvalue weighted by Crippen LogP contribution is -2.56. The number of rotatable bonds is 5. The molecule has 2 atom stereocenters. The van der Waals surface area contributed by atoms with Gasteiger partial charge in [-0.25, -0.2) is 0 Å². The molecule has 3 saturated heterocycles. The lowest BCUT2D eigenvalue weighted by molar-refractivity contribution is 0.0720. The van der Waals surface area contributed by atoms with Gasteiger partial charge in [-0.15, -0.1) is 0 Å². The first-order valence-corrected chi connectivity index (χ1v) is 6.39. The van der Waals surface area contributed by atoms with E-state index in [0.29, 0.717) is 0 Å². The molecular weight excluding hydrogens is 188 g/mol. The fourth-order valence-corrected chi connectivity index (χ4v) is 2.88. The van der Waals surface area contributed by atoms with Gasteiger partial charge < -0.3 is 15.3 Å². The Morgan fingerprint density at radius 3 is 2.67 bits per heavy atom. The number of aliphatic hydroxyl groups excluding tert-OH is 1. The van der Waals surface area contributed by atoms with Crippen LogP contribution >= 0.6 is 0 Å². The molecule has 2 bridgehead atoms. The fraction of sp³-hybridized carbons (Fsp3) is 1.00. The van der Waals surface area contributed by atoms with Crippen molar-refractivity contribution in [2.45, 2.75) is 44.8 Å². The summed E-state index contributed by atoms with van der Waals surface area (Å²) in [6, 6.07) is 0.724. The van der Waals surface area contributed by atoms with Crippen LogP contribution in [0.5, 0.6) is 0 Å². The average Bonchev–Trinajstić information content (AvgIpc) is 2.26. The van der Waals surface area contributed by atoms with Crippen molar-refractivity contribution in [1.82, 2.24) is 10.2 Å². The van der Waals surface area contributed by atoms with Crippen molar-refractivity contribution in [2.24, 2.45) is 5.92 Å². The van der Waals surface area contributed by atoms with Crippen molar-refractivity contribution in [2.75, 3.05) is 26.2 Å². The Labute approximate surface area is 92.8 Å². The maximum Gasteiger partial charge on any atom is 0.0512 e. The van der Waals surface area contributed by atoms with Crippen LogP contribution in [0.3, 0.4) is 0 Å². The van der Waals surface area contributed by atoms with Crippen LogP contribution in [0.4, 0.5) is 0 Å². The van der Waals surface area contributed by atoms with Gasteiger partial charge >= 0.3 is 0 Å². The zero-order valence-corrected chi connectivity index (χ0v) is 9.78. The summed E-state index contributed by atoms with van der Waals surface area (Å²) in [5.41, 5.74) is 0. The Kier molecular flexibility index (Phi) is 4.00. The van der Waals surface area contributed by atoms with Crippen LogP contribution < -0.4 is 5.32 Å². The second-order valence-corrected chi connectivity index (χ2v) is 5.19. The molecule has 3 fully saturated rings. The first kappa shape index (κ1) is 11.4. The number of hydrogen-bond donors (Lipinski definition) is 2. The maximum atomic E-state index is 9.16. The second-order valence-electron chi connectivity index (χ2n) is 5.19. The molecule has 2 unspecified atom stereocenters. The van der Waals surface area contributed by atoms with Gasteiger partial charge in [0, 0.05) is 12.6 Å². The Morgan fingerprint density at radius 2 is 2.13 bits per heavy atom. The smallest absolute Gasteiger partial charge is 0.0512 e. The molecule has 3 rings (SSSR count). The normalized spacial score (nSPS) is 36.8. The average molecular weight is 212 g/mol. The maximum absolute atomic E-state index is 9.16. The summed E-state index contributed by atoms with van der Waals surface area (Å²) in [6.07, 6.45) is 4.65. The zero-order valence-electron chi connectivity index (χ0n) is 9.78. The largest absolute Gasteiger partial charge is 0.393 e. The van der Waals surface area contributed by atoms with Gasteiger partial charge in [0.05, 0.1) is 6.10 Å². The van der Waals surface area contributed by atoms with Crippen molar-refractivity contribution in [3.63, 3.8) is 0 Å². The highest BCUT2D eigenvalue weighted by molar-refractivity contribution is 4.90. The molecule has 0 aromatic carbocycles. The van der Waals surface area contributed by atoms with Crippen molar-refractivity contribution in [1.29, 1.82) is 0 Å². The van der Waals surface area contributed by atoms with Gasteiger partial charge in [0.2, 0.25) is 0 Å². The number of nitrogens with zero attached hydrogens (tertiary/aromatic N) is 1. The molecule has 0 saturated carbocycles.